The van der Waals surface area contributed by atoms with Gasteiger partial charge in [-0.15, -0.1) is 0 Å². The number of nitrogens with zero attached hydrogens (tertiary/aromatic N) is 2. The average Bonchev–Trinajstić information content (AvgIpc) is 2.63. The monoisotopic (exact) mass is 309 g/mol. The van der Waals surface area contributed by atoms with Gasteiger partial charge in [0.2, 0.25) is 0 Å². The average molecular weight is 310 g/mol. The molecule has 2 aromatic rings. The lowest BCUT2D eigenvalue weighted by Crippen LogP contribution is -2.08. The second kappa shape index (κ2) is 5.85. The van der Waals surface area contributed by atoms with Crippen LogP contribution in [0.3, 0.4) is 0 Å². The maximum atomic E-state index is 5.58. The van der Waals surface area contributed by atoms with Crippen molar-refractivity contribution in [1.82, 2.24) is 9.55 Å². The van der Waals surface area contributed by atoms with Gasteiger partial charge in [-0.2, -0.15) is 0 Å². The van der Waals surface area contributed by atoms with Gasteiger partial charge in [-0.25, -0.2) is 4.98 Å². The lowest BCUT2D eigenvalue weighted by Gasteiger charge is -2.09. The molecule has 1 aromatic carbocycles. The zero-order chi connectivity index (χ0) is 13.1. The van der Waals surface area contributed by atoms with E-state index in [0.29, 0.717) is 5.92 Å². The van der Waals surface area contributed by atoms with E-state index >= 15 is 0 Å². The van der Waals surface area contributed by atoms with Crippen molar-refractivity contribution in [1.29, 1.82) is 0 Å². The molecule has 0 bridgehead atoms. The van der Waals surface area contributed by atoms with Crippen LogP contribution in [0.15, 0.2) is 22.7 Å². The van der Waals surface area contributed by atoms with Crippen LogP contribution in [0.1, 0.15) is 25.6 Å². The maximum Gasteiger partial charge on any atom is 0.109 e. The van der Waals surface area contributed by atoms with Crippen molar-refractivity contribution in [2.24, 2.45) is 18.7 Å². The van der Waals surface area contributed by atoms with E-state index in [0.717, 1.165) is 41.6 Å². The summed E-state index contributed by atoms with van der Waals surface area (Å²) in [5, 5.41) is 0. The standard InChI is InChI=1S/C14H20BrN3/c1-10(7-8-16)3-6-14-17-12-9-11(15)4-5-13(12)18(14)2/h4-5,9-10H,3,6-8,16H2,1-2H3. The Kier molecular flexibility index (Phi) is 4.40. The molecule has 0 fully saturated rings. The van der Waals surface area contributed by atoms with Gasteiger partial charge in [0.25, 0.3) is 0 Å². The molecule has 0 aliphatic rings. The molecule has 0 aliphatic carbocycles. The van der Waals surface area contributed by atoms with Crippen molar-refractivity contribution in [3.63, 3.8) is 0 Å². The molecule has 0 aliphatic heterocycles. The van der Waals surface area contributed by atoms with Crippen LogP contribution in [0.25, 0.3) is 11.0 Å². The fourth-order valence-corrected chi connectivity index (χ4v) is 2.60. The van der Waals surface area contributed by atoms with Gasteiger partial charge in [0.05, 0.1) is 11.0 Å². The second-order valence-electron chi connectivity index (χ2n) is 4.94. The minimum Gasteiger partial charge on any atom is -0.331 e. The minimum atomic E-state index is 0.668. The van der Waals surface area contributed by atoms with Gasteiger partial charge in [-0.1, -0.05) is 22.9 Å². The summed E-state index contributed by atoms with van der Waals surface area (Å²) in [7, 11) is 2.09. The van der Waals surface area contributed by atoms with Gasteiger partial charge in [0, 0.05) is 17.9 Å². The summed E-state index contributed by atoms with van der Waals surface area (Å²) >= 11 is 3.49. The van der Waals surface area contributed by atoms with E-state index in [4.69, 9.17) is 10.7 Å². The lowest BCUT2D eigenvalue weighted by atomic mass is 10.0. The molecular formula is C14H20BrN3. The predicted octanol–water partition coefficient (Wildman–Crippen LogP) is 3.25. The number of rotatable bonds is 5. The van der Waals surface area contributed by atoms with Crippen LogP contribution in [-0.2, 0) is 13.5 Å². The topological polar surface area (TPSA) is 43.8 Å². The fourth-order valence-electron chi connectivity index (χ4n) is 2.25. The molecule has 18 heavy (non-hydrogen) atoms. The summed E-state index contributed by atoms with van der Waals surface area (Å²) in [5.41, 5.74) is 7.84. The van der Waals surface area contributed by atoms with E-state index in [1.165, 1.54) is 5.52 Å². The summed E-state index contributed by atoms with van der Waals surface area (Å²) in [6.45, 7) is 3.03. The number of aryl methyl sites for hydroxylation is 2. The Bertz CT molecular complexity index is 533. The van der Waals surface area contributed by atoms with Crippen molar-refractivity contribution in [3.05, 3.63) is 28.5 Å². The molecule has 0 radical (unpaired) electrons. The number of fused-ring (bicyclic) bond motifs is 1. The Balaban J connectivity index is 2.16. The Morgan fingerprint density at radius 3 is 2.89 bits per heavy atom. The van der Waals surface area contributed by atoms with E-state index in [1.807, 2.05) is 0 Å². The molecular weight excluding hydrogens is 290 g/mol. The Morgan fingerprint density at radius 2 is 2.17 bits per heavy atom. The molecule has 1 unspecified atom stereocenters. The van der Waals surface area contributed by atoms with Crippen LogP contribution in [-0.4, -0.2) is 16.1 Å². The number of hydrogen-bond donors (Lipinski definition) is 1. The van der Waals surface area contributed by atoms with E-state index in [9.17, 15) is 0 Å². The van der Waals surface area contributed by atoms with Crippen LogP contribution in [0, 0.1) is 5.92 Å². The smallest absolute Gasteiger partial charge is 0.109 e. The van der Waals surface area contributed by atoms with Gasteiger partial charge < -0.3 is 10.3 Å². The third kappa shape index (κ3) is 2.93. The highest BCUT2D eigenvalue weighted by Crippen LogP contribution is 2.21. The summed E-state index contributed by atoms with van der Waals surface area (Å²) in [4.78, 5) is 4.71. The highest BCUT2D eigenvalue weighted by Gasteiger charge is 2.09. The zero-order valence-electron chi connectivity index (χ0n) is 11.0. The van der Waals surface area contributed by atoms with E-state index < -0.39 is 0 Å². The van der Waals surface area contributed by atoms with Crippen molar-refractivity contribution >= 4 is 27.0 Å². The number of benzene rings is 1. The predicted molar refractivity (Wildman–Crippen MR) is 79.6 cm³/mol. The summed E-state index contributed by atoms with van der Waals surface area (Å²) < 4.78 is 3.27. The normalized spacial score (nSPS) is 13.1. The first-order valence-corrected chi connectivity index (χ1v) is 7.22. The lowest BCUT2D eigenvalue weighted by molar-refractivity contribution is 0.490. The quantitative estimate of drug-likeness (QED) is 0.921. The molecule has 4 heteroatoms. The van der Waals surface area contributed by atoms with Crippen molar-refractivity contribution < 1.29 is 0 Å². The largest absolute Gasteiger partial charge is 0.331 e. The molecule has 2 N–H and O–H groups in total. The second-order valence-corrected chi connectivity index (χ2v) is 5.86. The van der Waals surface area contributed by atoms with Gasteiger partial charge in [0.1, 0.15) is 5.82 Å². The van der Waals surface area contributed by atoms with Crippen LogP contribution in [0.5, 0.6) is 0 Å². The molecule has 0 saturated carbocycles. The molecule has 0 saturated heterocycles. The van der Waals surface area contributed by atoms with Crippen LogP contribution in [0.4, 0.5) is 0 Å². The first-order valence-electron chi connectivity index (χ1n) is 6.42. The Hall–Kier alpha value is -0.870. The summed E-state index contributed by atoms with van der Waals surface area (Å²) in [5.74, 6) is 1.83. The summed E-state index contributed by atoms with van der Waals surface area (Å²) in [6.07, 6.45) is 3.26. The highest BCUT2D eigenvalue weighted by molar-refractivity contribution is 9.10. The fraction of sp³-hybridized carbons (Fsp3) is 0.500. The minimum absolute atomic E-state index is 0.668. The van der Waals surface area contributed by atoms with Gasteiger partial charge >= 0.3 is 0 Å². The van der Waals surface area contributed by atoms with Gasteiger partial charge in [-0.3, -0.25) is 0 Å². The third-order valence-corrected chi connectivity index (χ3v) is 3.95. The Labute approximate surface area is 117 Å². The molecule has 2 rings (SSSR count). The number of halogens is 1. The molecule has 98 valence electrons. The van der Waals surface area contributed by atoms with Crippen molar-refractivity contribution in [2.75, 3.05) is 6.54 Å². The number of hydrogen-bond acceptors (Lipinski definition) is 2. The van der Waals surface area contributed by atoms with Crippen LogP contribution in [0.2, 0.25) is 0 Å². The molecule has 0 amide bonds. The van der Waals surface area contributed by atoms with E-state index in [1.54, 1.807) is 0 Å². The van der Waals surface area contributed by atoms with Gasteiger partial charge in [0.15, 0.2) is 0 Å². The number of aromatic nitrogens is 2. The van der Waals surface area contributed by atoms with E-state index in [2.05, 4.69) is 52.7 Å². The molecule has 1 aromatic heterocycles. The van der Waals surface area contributed by atoms with Crippen LogP contribution < -0.4 is 5.73 Å². The Morgan fingerprint density at radius 1 is 1.39 bits per heavy atom. The molecule has 0 spiro atoms. The maximum absolute atomic E-state index is 5.58. The molecule has 1 atom stereocenters. The molecule has 1 heterocycles. The van der Waals surface area contributed by atoms with E-state index in [-0.39, 0.29) is 0 Å². The SMILES string of the molecule is CC(CCN)CCc1nc2cc(Br)ccc2n1C. The van der Waals surface area contributed by atoms with Crippen LogP contribution >= 0.6 is 15.9 Å². The first kappa shape index (κ1) is 13.6. The first-order chi connectivity index (χ1) is 8.61. The highest BCUT2D eigenvalue weighted by atomic mass is 79.9. The zero-order valence-corrected chi connectivity index (χ0v) is 12.6. The number of imidazole rings is 1. The number of nitrogens with two attached hydrogens (primary N) is 1. The third-order valence-electron chi connectivity index (χ3n) is 3.46. The van der Waals surface area contributed by atoms with Crippen molar-refractivity contribution in [2.45, 2.75) is 26.2 Å². The summed E-state index contributed by atoms with van der Waals surface area (Å²) in [6, 6.07) is 6.24. The van der Waals surface area contributed by atoms with Crippen molar-refractivity contribution in [3.8, 4) is 0 Å². The molecule has 3 nitrogen and oxygen atoms in total. The van der Waals surface area contributed by atoms with Gasteiger partial charge in [-0.05, 0) is 43.5 Å².